The maximum atomic E-state index is 13.9. The summed E-state index contributed by atoms with van der Waals surface area (Å²) in [5, 5.41) is 8.31. The summed E-state index contributed by atoms with van der Waals surface area (Å²) in [6, 6.07) is 10.1. The van der Waals surface area contributed by atoms with Gasteiger partial charge in [0.05, 0.1) is 30.8 Å². The van der Waals surface area contributed by atoms with Crippen LogP contribution in [0.4, 0.5) is 13.2 Å². The van der Waals surface area contributed by atoms with Crippen molar-refractivity contribution < 1.29 is 36.5 Å². The highest BCUT2D eigenvalue weighted by molar-refractivity contribution is 5.58. The molecule has 0 amide bonds. The number of oxazole rings is 1. The van der Waals surface area contributed by atoms with Crippen molar-refractivity contribution in [1.82, 2.24) is 19.6 Å². The summed E-state index contributed by atoms with van der Waals surface area (Å²) in [4.78, 5) is 12.6. The highest BCUT2D eigenvalue weighted by atomic mass is 19.2. The van der Waals surface area contributed by atoms with Gasteiger partial charge in [-0.3, -0.25) is 0 Å². The van der Waals surface area contributed by atoms with Crippen LogP contribution in [-0.2, 0) is 25.4 Å². The minimum absolute atomic E-state index is 0.0130. The second kappa shape index (κ2) is 10.6. The normalized spacial score (nSPS) is 25.7. The van der Waals surface area contributed by atoms with E-state index in [0.29, 0.717) is 11.4 Å². The standard InChI is InChI=1S/C28H27F3N4O6/c1-28(2)38-14-22-26(41-28)24(35-13-20(32-33-35)15-9-18(29)23(31)19(30)10-15)25(37-3)21(40-22)11-17-12-34(27(36)39-17)16-7-5-4-6-8-16/h4-10,12-13,21-22,24-26H,11,14H2,1-3H3/t21-,22-,24?,25+,26+/m1/s1. The number of nitrogens with zero attached hydrogens (tertiary/aromatic N) is 4. The SMILES string of the molecule is CO[C@@H]1C(n2cc(-c3cc(F)c(F)c(F)c3)nn2)[C@H]2OC(C)(C)OC[C@H]2O[C@@H]1Cc1cn(-c2ccccc2)c(=O)o1. The Labute approximate surface area is 232 Å². The molecule has 2 aliphatic rings. The molecule has 0 radical (unpaired) electrons. The molecule has 0 saturated carbocycles. The van der Waals surface area contributed by atoms with E-state index in [9.17, 15) is 18.0 Å². The van der Waals surface area contributed by atoms with Crippen LogP contribution in [-0.4, -0.2) is 63.5 Å². The number of benzene rings is 2. The van der Waals surface area contributed by atoms with Gasteiger partial charge in [0.15, 0.2) is 23.2 Å². The monoisotopic (exact) mass is 572 g/mol. The van der Waals surface area contributed by atoms with Crippen molar-refractivity contribution in [2.45, 2.75) is 56.5 Å². The lowest BCUT2D eigenvalue weighted by atomic mass is 9.89. The molecule has 2 fully saturated rings. The fourth-order valence-electron chi connectivity index (χ4n) is 5.39. The molecular weight excluding hydrogens is 545 g/mol. The number of hydrogen-bond acceptors (Lipinski definition) is 8. The van der Waals surface area contributed by atoms with Crippen LogP contribution in [0.1, 0.15) is 25.6 Å². The van der Waals surface area contributed by atoms with Crippen LogP contribution in [0.3, 0.4) is 0 Å². The zero-order valence-corrected chi connectivity index (χ0v) is 22.4. The first-order valence-corrected chi connectivity index (χ1v) is 13.0. The van der Waals surface area contributed by atoms with Gasteiger partial charge in [-0.25, -0.2) is 27.2 Å². The first-order valence-electron chi connectivity index (χ1n) is 13.0. The van der Waals surface area contributed by atoms with Crippen molar-refractivity contribution in [2.75, 3.05) is 13.7 Å². The summed E-state index contributed by atoms with van der Waals surface area (Å²) in [6.07, 6.45) is 0.774. The third-order valence-electron chi connectivity index (χ3n) is 7.26. The van der Waals surface area contributed by atoms with Crippen molar-refractivity contribution in [1.29, 1.82) is 0 Å². The smallest absolute Gasteiger partial charge is 0.413 e. The molecule has 4 heterocycles. The Morgan fingerprint density at radius 3 is 2.54 bits per heavy atom. The average Bonchev–Trinajstić information content (AvgIpc) is 3.58. The molecule has 41 heavy (non-hydrogen) atoms. The van der Waals surface area contributed by atoms with Crippen molar-refractivity contribution in [2.24, 2.45) is 0 Å². The van der Waals surface area contributed by atoms with E-state index in [4.69, 9.17) is 23.4 Å². The summed E-state index contributed by atoms with van der Waals surface area (Å²) in [6.45, 7) is 3.74. The quantitative estimate of drug-likeness (QED) is 0.322. The first kappa shape index (κ1) is 27.4. The van der Waals surface area contributed by atoms with Crippen LogP contribution < -0.4 is 5.76 Å². The van der Waals surface area contributed by atoms with Crippen molar-refractivity contribution in [3.8, 4) is 16.9 Å². The van der Waals surface area contributed by atoms with Crippen molar-refractivity contribution in [3.63, 3.8) is 0 Å². The van der Waals surface area contributed by atoms with Crippen LogP contribution in [0, 0.1) is 17.5 Å². The van der Waals surface area contributed by atoms with Gasteiger partial charge in [0.25, 0.3) is 0 Å². The third kappa shape index (κ3) is 5.21. The van der Waals surface area contributed by atoms with Crippen LogP contribution in [0.2, 0.25) is 0 Å². The van der Waals surface area contributed by atoms with Gasteiger partial charge in [0, 0.05) is 19.1 Å². The Bertz CT molecular complexity index is 1580. The molecule has 0 bridgehead atoms. The lowest BCUT2D eigenvalue weighted by molar-refractivity contribution is -0.349. The molecule has 0 spiro atoms. The second-order valence-electron chi connectivity index (χ2n) is 10.4. The molecular formula is C28H27F3N4O6. The van der Waals surface area contributed by atoms with Gasteiger partial charge in [-0.1, -0.05) is 23.4 Å². The van der Waals surface area contributed by atoms with Crippen LogP contribution >= 0.6 is 0 Å². The lowest BCUT2D eigenvalue weighted by Crippen LogP contribution is -2.62. The lowest BCUT2D eigenvalue weighted by Gasteiger charge is -2.51. The Hall–Kier alpha value is -3.78. The first-order chi connectivity index (χ1) is 19.6. The van der Waals surface area contributed by atoms with Gasteiger partial charge in [-0.2, -0.15) is 0 Å². The van der Waals surface area contributed by atoms with Gasteiger partial charge in [0.1, 0.15) is 35.8 Å². The largest absolute Gasteiger partial charge is 0.423 e. The summed E-state index contributed by atoms with van der Waals surface area (Å²) in [5.74, 6) is -5.36. The van der Waals surface area contributed by atoms with E-state index >= 15 is 0 Å². The molecule has 1 unspecified atom stereocenters. The minimum atomic E-state index is -1.57. The highest BCUT2D eigenvalue weighted by Crippen LogP contribution is 2.40. The molecule has 2 saturated heterocycles. The summed E-state index contributed by atoms with van der Waals surface area (Å²) < 4.78 is 74.3. The third-order valence-corrected chi connectivity index (χ3v) is 7.26. The van der Waals surface area contributed by atoms with Crippen LogP contribution in [0.15, 0.2) is 64.1 Å². The fourth-order valence-corrected chi connectivity index (χ4v) is 5.39. The molecule has 2 aromatic carbocycles. The topological polar surface area (TPSA) is 103 Å². The zero-order chi connectivity index (χ0) is 28.9. The summed E-state index contributed by atoms with van der Waals surface area (Å²) >= 11 is 0. The number of rotatable bonds is 6. The van der Waals surface area contributed by atoms with E-state index in [0.717, 1.165) is 12.1 Å². The maximum absolute atomic E-state index is 13.9. The molecule has 5 atom stereocenters. The highest BCUT2D eigenvalue weighted by Gasteiger charge is 2.53. The van der Waals surface area contributed by atoms with Crippen LogP contribution in [0.5, 0.6) is 0 Å². The fraction of sp³-hybridized carbons (Fsp3) is 0.393. The van der Waals surface area contributed by atoms with Gasteiger partial charge in [0.2, 0.25) is 0 Å². The van der Waals surface area contributed by atoms with E-state index in [1.165, 1.54) is 22.6 Å². The van der Waals surface area contributed by atoms with Gasteiger partial charge >= 0.3 is 5.76 Å². The van der Waals surface area contributed by atoms with Crippen molar-refractivity contribution >= 4 is 0 Å². The maximum Gasteiger partial charge on any atom is 0.423 e. The van der Waals surface area contributed by atoms with Crippen LogP contribution in [0.25, 0.3) is 16.9 Å². The number of halogens is 3. The summed E-state index contributed by atoms with van der Waals surface area (Å²) in [5.41, 5.74) is 0.784. The number of ether oxygens (including phenoxy) is 4. The van der Waals surface area contributed by atoms with E-state index < -0.39 is 59.5 Å². The van der Waals surface area contributed by atoms with Crippen molar-refractivity contribution in [3.05, 3.63) is 88.6 Å². The molecule has 6 rings (SSSR count). The van der Waals surface area contributed by atoms with Gasteiger partial charge < -0.3 is 23.4 Å². The number of methoxy groups -OCH3 is 1. The van der Waals surface area contributed by atoms with Gasteiger partial charge in [-0.15, -0.1) is 5.10 Å². The Kier molecular flexibility index (Phi) is 7.06. The Balaban J connectivity index is 1.35. The van der Waals surface area contributed by atoms with E-state index in [1.807, 2.05) is 18.2 Å². The Morgan fingerprint density at radius 1 is 1.10 bits per heavy atom. The molecule has 13 heteroatoms. The molecule has 4 aromatic rings. The molecule has 2 aliphatic heterocycles. The number of para-hydroxylation sites is 1. The second-order valence-corrected chi connectivity index (χ2v) is 10.4. The molecule has 10 nitrogen and oxygen atoms in total. The Morgan fingerprint density at radius 2 is 1.83 bits per heavy atom. The number of fused-ring (bicyclic) bond motifs is 1. The van der Waals surface area contributed by atoms with Gasteiger partial charge in [-0.05, 0) is 38.1 Å². The molecule has 0 aliphatic carbocycles. The number of aromatic nitrogens is 4. The molecule has 2 aromatic heterocycles. The summed E-state index contributed by atoms with van der Waals surface area (Å²) in [7, 11) is 1.51. The zero-order valence-electron chi connectivity index (χ0n) is 22.4. The minimum Gasteiger partial charge on any atom is -0.413 e. The molecule has 0 N–H and O–H groups in total. The molecule has 216 valence electrons. The average molecular weight is 573 g/mol. The predicted octanol–water partition coefficient (Wildman–Crippen LogP) is 3.82. The number of hydrogen-bond donors (Lipinski definition) is 0. The van der Waals surface area contributed by atoms with E-state index in [1.54, 1.807) is 32.2 Å². The van der Waals surface area contributed by atoms with E-state index in [-0.39, 0.29) is 24.3 Å². The predicted molar refractivity (Wildman–Crippen MR) is 137 cm³/mol. The van der Waals surface area contributed by atoms with E-state index in [2.05, 4.69) is 10.3 Å².